The number of nitrogens with zero attached hydrogens (tertiary/aromatic N) is 4. The summed E-state index contributed by atoms with van der Waals surface area (Å²) >= 11 is 0. The summed E-state index contributed by atoms with van der Waals surface area (Å²) in [6.45, 7) is 5.31. The summed E-state index contributed by atoms with van der Waals surface area (Å²) in [5, 5.41) is 0. The zero-order valence-electron chi connectivity index (χ0n) is 13.4. The van der Waals surface area contributed by atoms with E-state index in [0.717, 1.165) is 24.2 Å². The number of oxazole rings is 1. The van der Waals surface area contributed by atoms with E-state index in [1.54, 1.807) is 19.3 Å². The van der Waals surface area contributed by atoms with Gasteiger partial charge in [-0.25, -0.2) is 4.98 Å². The zero-order chi connectivity index (χ0) is 16.2. The van der Waals surface area contributed by atoms with Crippen molar-refractivity contribution >= 4 is 5.91 Å². The van der Waals surface area contributed by atoms with E-state index in [2.05, 4.69) is 15.0 Å². The second-order valence-electron chi connectivity index (χ2n) is 5.61. The van der Waals surface area contributed by atoms with Gasteiger partial charge in [0.1, 0.15) is 6.26 Å². The van der Waals surface area contributed by atoms with Gasteiger partial charge in [-0.3, -0.25) is 14.8 Å². The van der Waals surface area contributed by atoms with Gasteiger partial charge < -0.3 is 14.1 Å². The Bertz CT molecular complexity index is 685. The molecule has 2 aromatic rings. The van der Waals surface area contributed by atoms with Gasteiger partial charge in [0.2, 0.25) is 0 Å². The predicted octanol–water partition coefficient (Wildman–Crippen LogP) is 1.56. The quantitative estimate of drug-likeness (QED) is 0.851. The van der Waals surface area contributed by atoms with Crippen molar-refractivity contribution in [3.05, 3.63) is 41.6 Å². The maximum atomic E-state index is 12.6. The zero-order valence-corrected chi connectivity index (χ0v) is 13.4. The van der Waals surface area contributed by atoms with E-state index < -0.39 is 0 Å². The van der Waals surface area contributed by atoms with Crippen molar-refractivity contribution in [3.8, 4) is 0 Å². The number of hydrogen-bond acceptors (Lipinski definition) is 6. The molecule has 1 atom stereocenters. The van der Waals surface area contributed by atoms with Crippen LogP contribution in [0, 0.1) is 13.8 Å². The normalized spacial score (nSPS) is 18.2. The first-order valence-electron chi connectivity index (χ1n) is 7.72. The fourth-order valence-corrected chi connectivity index (χ4v) is 2.76. The standard InChI is InChI=1S/C16H20N4O3/c1-11-14(18-6-5-17-11)4-3-13-9-22-8-7-20(13)16(21)15-10-23-12(2)19-15/h5-6,10,13H,3-4,7-9H2,1-2H3. The molecular formula is C16H20N4O3. The molecule has 1 aliphatic heterocycles. The van der Waals surface area contributed by atoms with Crippen molar-refractivity contribution in [2.45, 2.75) is 32.7 Å². The molecule has 7 heteroatoms. The second-order valence-corrected chi connectivity index (χ2v) is 5.61. The first-order valence-corrected chi connectivity index (χ1v) is 7.72. The second kappa shape index (κ2) is 6.87. The lowest BCUT2D eigenvalue weighted by Crippen LogP contribution is -2.49. The molecule has 0 N–H and O–H groups in total. The third-order valence-electron chi connectivity index (χ3n) is 4.02. The number of carbonyl (C=O) groups is 1. The van der Waals surface area contributed by atoms with Crippen LogP contribution in [-0.2, 0) is 11.2 Å². The molecular weight excluding hydrogens is 296 g/mol. The van der Waals surface area contributed by atoms with Gasteiger partial charge >= 0.3 is 0 Å². The summed E-state index contributed by atoms with van der Waals surface area (Å²) < 4.78 is 10.7. The number of hydrogen-bond donors (Lipinski definition) is 0. The number of rotatable bonds is 4. The maximum absolute atomic E-state index is 12.6. The van der Waals surface area contributed by atoms with Crippen molar-refractivity contribution in [1.29, 1.82) is 0 Å². The molecule has 1 unspecified atom stereocenters. The van der Waals surface area contributed by atoms with Crippen LogP contribution in [0.15, 0.2) is 23.1 Å². The molecule has 0 radical (unpaired) electrons. The number of aromatic nitrogens is 3. The highest BCUT2D eigenvalue weighted by molar-refractivity contribution is 5.92. The predicted molar refractivity (Wildman–Crippen MR) is 82.0 cm³/mol. The molecule has 1 fully saturated rings. The van der Waals surface area contributed by atoms with Gasteiger partial charge in [-0.15, -0.1) is 0 Å². The summed E-state index contributed by atoms with van der Waals surface area (Å²) in [7, 11) is 0. The Balaban J connectivity index is 1.69. The molecule has 23 heavy (non-hydrogen) atoms. The molecule has 3 heterocycles. The smallest absolute Gasteiger partial charge is 0.276 e. The van der Waals surface area contributed by atoms with Gasteiger partial charge in [0.15, 0.2) is 11.6 Å². The largest absolute Gasteiger partial charge is 0.448 e. The highest BCUT2D eigenvalue weighted by Crippen LogP contribution is 2.17. The van der Waals surface area contributed by atoms with Crippen LogP contribution in [-0.4, -0.2) is 51.6 Å². The van der Waals surface area contributed by atoms with E-state index in [0.29, 0.717) is 31.3 Å². The topological polar surface area (TPSA) is 81.4 Å². The molecule has 0 spiro atoms. The summed E-state index contributed by atoms with van der Waals surface area (Å²) in [4.78, 5) is 27.2. The Morgan fingerprint density at radius 2 is 2.17 bits per heavy atom. The maximum Gasteiger partial charge on any atom is 0.276 e. The van der Waals surface area contributed by atoms with Crippen LogP contribution in [0.4, 0.5) is 0 Å². The summed E-state index contributed by atoms with van der Waals surface area (Å²) in [5.41, 5.74) is 2.24. The van der Waals surface area contributed by atoms with Crippen molar-refractivity contribution in [3.63, 3.8) is 0 Å². The molecule has 1 saturated heterocycles. The lowest BCUT2D eigenvalue weighted by atomic mass is 10.1. The van der Waals surface area contributed by atoms with Gasteiger partial charge in [-0.1, -0.05) is 0 Å². The lowest BCUT2D eigenvalue weighted by Gasteiger charge is -2.35. The van der Waals surface area contributed by atoms with Gasteiger partial charge in [-0.2, -0.15) is 0 Å². The van der Waals surface area contributed by atoms with Crippen LogP contribution in [0.5, 0.6) is 0 Å². The lowest BCUT2D eigenvalue weighted by molar-refractivity contribution is -0.00445. The average molecular weight is 316 g/mol. The minimum absolute atomic E-state index is 0.00895. The number of morpholine rings is 1. The number of amides is 1. The molecule has 2 aromatic heterocycles. The Kier molecular flexibility index (Phi) is 4.66. The van der Waals surface area contributed by atoms with Gasteiger partial charge in [0.05, 0.1) is 30.6 Å². The van der Waals surface area contributed by atoms with Crippen molar-refractivity contribution in [2.75, 3.05) is 19.8 Å². The Hall–Kier alpha value is -2.28. The molecule has 0 aliphatic carbocycles. The number of carbonyl (C=O) groups excluding carboxylic acids is 1. The van der Waals surface area contributed by atoms with Gasteiger partial charge in [0, 0.05) is 25.9 Å². The van der Waals surface area contributed by atoms with Crippen molar-refractivity contribution in [1.82, 2.24) is 19.9 Å². The minimum Gasteiger partial charge on any atom is -0.448 e. The van der Waals surface area contributed by atoms with Crippen molar-refractivity contribution < 1.29 is 13.9 Å². The molecule has 0 saturated carbocycles. The first kappa shape index (κ1) is 15.6. The van der Waals surface area contributed by atoms with E-state index in [-0.39, 0.29) is 11.9 Å². The molecule has 0 bridgehead atoms. The van der Waals surface area contributed by atoms with Gasteiger partial charge in [0.25, 0.3) is 5.91 Å². The third kappa shape index (κ3) is 3.56. The Morgan fingerprint density at radius 3 is 2.91 bits per heavy atom. The SMILES string of the molecule is Cc1nc(C(=O)N2CCOCC2CCc2nccnc2C)co1. The molecule has 1 amide bonds. The third-order valence-corrected chi connectivity index (χ3v) is 4.02. The van der Waals surface area contributed by atoms with Crippen LogP contribution in [0.25, 0.3) is 0 Å². The van der Waals surface area contributed by atoms with E-state index in [4.69, 9.17) is 9.15 Å². The molecule has 1 aliphatic rings. The van der Waals surface area contributed by atoms with E-state index in [1.807, 2.05) is 11.8 Å². The van der Waals surface area contributed by atoms with Gasteiger partial charge in [-0.05, 0) is 19.8 Å². The highest BCUT2D eigenvalue weighted by atomic mass is 16.5. The fraction of sp³-hybridized carbons (Fsp3) is 0.500. The van der Waals surface area contributed by atoms with E-state index >= 15 is 0 Å². The summed E-state index contributed by atoms with van der Waals surface area (Å²) in [6.07, 6.45) is 6.33. The minimum atomic E-state index is -0.106. The van der Waals surface area contributed by atoms with E-state index in [1.165, 1.54) is 6.26 Å². The average Bonchev–Trinajstić information content (AvgIpc) is 3.00. The highest BCUT2D eigenvalue weighted by Gasteiger charge is 2.29. The molecule has 0 aromatic carbocycles. The molecule has 122 valence electrons. The Labute approximate surface area is 134 Å². The van der Waals surface area contributed by atoms with Crippen LogP contribution in [0.2, 0.25) is 0 Å². The first-order chi connectivity index (χ1) is 11.1. The summed E-state index contributed by atoms with van der Waals surface area (Å²) in [6, 6.07) is 0.00895. The monoisotopic (exact) mass is 316 g/mol. The Morgan fingerprint density at radius 1 is 1.35 bits per heavy atom. The van der Waals surface area contributed by atoms with Crippen LogP contribution in [0.3, 0.4) is 0 Å². The van der Waals surface area contributed by atoms with Crippen LogP contribution in [0.1, 0.15) is 34.2 Å². The summed E-state index contributed by atoms with van der Waals surface area (Å²) in [5.74, 6) is 0.388. The van der Waals surface area contributed by atoms with Crippen LogP contribution >= 0.6 is 0 Å². The van der Waals surface area contributed by atoms with Crippen LogP contribution < -0.4 is 0 Å². The number of aryl methyl sites for hydroxylation is 3. The molecule has 3 rings (SSSR count). The van der Waals surface area contributed by atoms with E-state index in [9.17, 15) is 4.79 Å². The van der Waals surface area contributed by atoms with Crippen molar-refractivity contribution in [2.24, 2.45) is 0 Å². The molecule has 7 nitrogen and oxygen atoms in total. The fourth-order valence-electron chi connectivity index (χ4n) is 2.76. The number of ether oxygens (including phenoxy) is 1.